The lowest BCUT2D eigenvalue weighted by Crippen LogP contribution is -2.65. The molecule has 0 bridgehead atoms. The van der Waals surface area contributed by atoms with Crippen molar-refractivity contribution in [1.82, 2.24) is 4.72 Å². The molecule has 0 unspecified atom stereocenters. The maximum absolute atomic E-state index is 12.6. The fraction of sp³-hybridized carbons (Fsp3) is 0.647. The zero-order valence-electron chi connectivity index (χ0n) is 14.8. The van der Waals surface area contributed by atoms with Crippen LogP contribution in [0.25, 0.3) is 0 Å². The van der Waals surface area contributed by atoms with Gasteiger partial charge < -0.3 is 0 Å². The van der Waals surface area contributed by atoms with E-state index in [4.69, 9.17) is 0 Å². The van der Waals surface area contributed by atoms with Gasteiger partial charge in [-0.1, -0.05) is 69.4 Å². The highest BCUT2D eigenvalue weighted by molar-refractivity contribution is 7.84. The molecule has 1 N–H and O–H groups in total. The molecule has 0 fully saturated rings. The molecule has 2 atom stereocenters. The van der Waals surface area contributed by atoms with Crippen molar-refractivity contribution < 1.29 is 4.21 Å². The molecule has 0 aliphatic carbocycles. The Hall–Kier alpha value is -0.453. The van der Waals surface area contributed by atoms with E-state index in [0.717, 1.165) is 0 Å². The van der Waals surface area contributed by atoms with E-state index in [1.807, 2.05) is 20.8 Å². The molecule has 4 heteroatoms. The maximum atomic E-state index is 12.6. The molecule has 0 heterocycles. The van der Waals surface area contributed by atoms with E-state index in [2.05, 4.69) is 68.9 Å². The standard InChI is InChI=1S/C17H31NOSSi/c1-16(2,3)15(18-20(19)17(4,5)6)21(7,8)14-12-10-9-11-13-14/h9-13,15,18H,1-8H3/t15-,20-/m1/s1. The molecular formula is C17H31NOSSi. The van der Waals surface area contributed by atoms with Crippen LogP contribution in [-0.2, 0) is 11.0 Å². The van der Waals surface area contributed by atoms with Crippen LogP contribution in [0.3, 0.4) is 0 Å². The number of nitrogens with one attached hydrogen (secondary N) is 1. The Morgan fingerprint density at radius 3 is 1.86 bits per heavy atom. The molecule has 0 aromatic heterocycles. The van der Waals surface area contributed by atoms with Gasteiger partial charge in [-0.05, 0) is 26.2 Å². The summed E-state index contributed by atoms with van der Waals surface area (Å²) in [5, 5.41) is 1.41. The van der Waals surface area contributed by atoms with Crippen molar-refractivity contribution in [2.24, 2.45) is 5.41 Å². The van der Waals surface area contributed by atoms with Crippen LogP contribution in [0.1, 0.15) is 41.5 Å². The van der Waals surface area contributed by atoms with Crippen molar-refractivity contribution in [2.75, 3.05) is 0 Å². The third-order valence-electron chi connectivity index (χ3n) is 3.89. The zero-order chi connectivity index (χ0) is 16.5. The first-order chi connectivity index (χ1) is 9.37. The predicted molar refractivity (Wildman–Crippen MR) is 97.8 cm³/mol. The highest BCUT2D eigenvalue weighted by Gasteiger charge is 2.42. The summed E-state index contributed by atoms with van der Waals surface area (Å²) in [5.74, 6) is 0. The van der Waals surface area contributed by atoms with Gasteiger partial charge in [0, 0.05) is 5.67 Å². The second-order valence-electron chi connectivity index (χ2n) is 8.39. The molecular weight excluding hydrogens is 294 g/mol. The van der Waals surface area contributed by atoms with Crippen LogP contribution < -0.4 is 9.91 Å². The lowest BCUT2D eigenvalue weighted by molar-refractivity contribution is 0.366. The van der Waals surface area contributed by atoms with Crippen molar-refractivity contribution in [3.05, 3.63) is 30.3 Å². The van der Waals surface area contributed by atoms with E-state index in [9.17, 15) is 4.21 Å². The summed E-state index contributed by atoms with van der Waals surface area (Å²) in [7, 11) is -2.84. The smallest absolute Gasteiger partial charge is 0.100 e. The van der Waals surface area contributed by atoms with Gasteiger partial charge in [0.15, 0.2) is 0 Å². The minimum atomic E-state index is -1.79. The van der Waals surface area contributed by atoms with E-state index < -0.39 is 19.1 Å². The monoisotopic (exact) mass is 325 g/mol. The molecule has 0 spiro atoms. The molecule has 0 aliphatic heterocycles. The first-order valence-corrected chi connectivity index (χ1v) is 11.8. The number of hydrogen-bond donors (Lipinski definition) is 1. The van der Waals surface area contributed by atoms with E-state index in [-0.39, 0.29) is 15.8 Å². The van der Waals surface area contributed by atoms with E-state index >= 15 is 0 Å². The van der Waals surface area contributed by atoms with Gasteiger partial charge in [-0.3, -0.25) is 0 Å². The average molecular weight is 326 g/mol. The third kappa shape index (κ3) is 4.76. The van der Waals surface area contributed by atoms with Gasteiger partial charge in [0.05, 0.1) is 15.7 Å². The normalized spacial score (nSPS) is 16.6. The third-order valence-corrected chi connectivity index (χ3v) is 9.93. The molecule has 0 aliphatic rings. The Labute approximate surface area is 134 Å². The molecule has 0 saturated heterocycles. The average Bonchev–Trinajstić information content (AvgIpc) is 2.33. The van der Waals surface area contributed by atoms with Gasteiger partial charge in [0.2, 0.25) is 0 Å². The minimum Gasteiger partial charge on any atom is -0.242 e. The summed E-state index contributed by atoms with van der Waals surface area (Å²) in [6, 6.07) is 10.7. The van der Waals surface area contributed by atoms with Gasteiger partial charge in [-0.25, -0.2) is 8.93 Å². The second-order valence-corrected chi connectivity index (χ2v) is 15.0. The Morgan fingerprint density at radius 1 is 1.00 bits per heavy atom. The van der Waals surface area contributed by atoms with E-state index in [1.165, 1.54) is 5.19 Å². The van der Waals surface area contributed by atoms with Gasteiger partial charge in [-0.15, -0.1) is 0 Å². The molecule has 1 aromatic carbocycles. The van der Waals surface area contributed by atoms with Gasteiger partial charge in [0.25, 0.3) is 0 Å². The second kappa shape index (κ2) is 6.35. The molecule has 2 nitrogen and oxygen atoms in total. The molecule has 0 saturated carbocycles. The Balaban J connectivity index is 3.18. The summed E-state index contributed by atoms with van der Waals surface area (Å²) in [6.07, 6.45) is 0. The van der Waals surface area contributed by atoms with Crippen LogP contribution in [0.2, 0.25) is 13.1 Å². The van der Waals surface area contributed by atoms with E-state index in [1.54, 1.807) is 0 Å². The van der Waals surface area contributed by atoms with Gasteiger partial charge in [0.1, 0.15) is 8.07 Å². The quantitative estimate of drug-likeness (QED) is 0.842. The molecule has 0 amide bonds. The van der Waals surface area contributed by atoms with Crippen LogP contribution >= 0.6 is 0 Å². The van der Waals surface area contributed by atoms with Crippen molar-refractivity contribution in [3.63, 3.8) is 0 Å². The van der Waals surface area contributed by atoms with Crippen LogP contribution in [0.5, 0.6) is 0 Å². The van der Waals surface area contributed by atoms with Crippen LogP contribution in [0.4, 0.5) is 0 Å². The van der Waals surface area contributed by atoms with Gasteiger partial charge in [-0.2, -0.15) is 0 Å². The number of hydrogen-bond acceptors (Lipinski definition) is 1. The summed E-state index contributed by atoms with van der Waals surface area (Å²) < 4.78 is 15.8. The summed E-state index contributed by atoms with van der Waals surface area (Å²) >= 11 is 0. The predicted octanol–water partition coefficient (Wildman–Crippen LogP) is 3.61. The zero-order valence-corrected chi connectivity index (χ0v) is 16.6. The molecule has 1 aromatic rings. The summed E-state index contributed by atoms with van der Waals surface area (Å²) in [5.41, 5.74) is 0.305. The lowest BCUT2D eigenvalue weighted by atomic mass is 9.97. The van der Waals surface area contributed by atoms with Crippen molar-refractivity contribution in [1.29, 1.82) is 0 Å². The minimum absolute atomic E-state index is 0.0620. The summed E-state index contributed by atoms with van der Waals surface area (Å²) in [4.78, 5) is 0. The Kier molecular flexibility index (Phi) is 5.62. The molecule has 0 radical (unpaired) electrons. The fourth-order valence-corrected chi connectivity index (χ4v) is 8.70. The molecule has 21 heavy (non-hydrogen) atoms. The topological polar surface area (TPSA) is 29.1 Å². The van der Waals surface area contributed by atoms with Crippen molar-refractivity contribution >= 4 is 24.2 Å². The van der Waals surface area contributed by atoms with Crippen molar-refractivity contribution in [2.45, 2.75) is 65.0 Å². The van der Waals surface area contributed by atoms with Crippen LogP contribution in [-0.4, -0.2) is 22.7 Å². The first kappa shape index (κ1) is 18.6. The summed E-state index contributed by atoms with van der Waals surface area (Å²) in [6.45, 7) is 17.5. The van der Waals surface area contributed by atoms with Crippen molar-refractivity contribution in [3.8, 4) is 0 Å². The van der Waals surface area contributed by atoms with Gasteiger partial charge >= 0.3 is 0 Å². The maximum Gasteiger partial charge on any atom is 0.100 e. The molecule has 1 rings (SSSR count). The lowest BCUT2D eigenvalue weighted by Gasteiger charge is -2.43. The van der Waals surface area contributed by atoms with E-state index in [0.29, 0.717) is 0 Å². The first-order valence-electron chi connectivity index (χ1n) is 7.60. The number of rotatable bonds is 4. The van der Waals surface area contributed by atoms with Crippen LogP contribution in [0, 0.1) is 5.41 Å². The highest BCUT2D eigenvalue weighted by Crippen LogP contribution is 2.28. The largest absolute Gasteiger partial charge is 0.242 e. The Morgan fingerprint density at radius 2 is 1.48 bits per heavy atom. The number of benzene rings is 1. The van der Waals surface area contributed by atoms with Crippen LogP contribution in [0.15, 0.2) is 30.3 Å². The Bertz CT molecular complexity index is 486. The fourth-order valence-electron chi connectivity index (χ4n) is 2.72. The molecule has 120 valence electrons. The SMILES string of the molecule is CC(C)(C)[C@H](N[S@](=O)C(C)(C)C)[Si](C)(C)c1ccccc1. The highest BCUT2D eigenvalue weighted by atomic mass is 32.2.